The molecule has 0 N–H and O–H groups in total. The van der Waals surface area contributed by atoms with Crippen molar-refractivity contribution in [2.75, 3.05) is 11.9 Å². The normalized spacial score (nSPS) is 11.9. The third-order valence-electron chi connectivity index (χ3n) is 3.26. The maximum Gasteiger partial charge on any atom is 0.227 e. The van der Waals surface area contributed by atoms with Crippen molar-refractivity contribution in [3.8, 4) is 0 Å². The Bertz CT molecular complexity index is 525. The Kier molecular flexibility index (Phi) is 4.29. The zero-order valence-corrected chi connectivity index (χ0v) is 11.3. The highest BCUT2D eigenvalue weighted by Crippen LogP contribution is 2.21. The summed E-state index contributed by atoms with van der Waals surface area (Å²) >= 11 is 0. The van der Waals surface area contributed by atoms with E-state index in [1.54, 1.807) is 24.3 Å². The first kappa shape index (κ1) is 13.3. The SMILES string of the molecule is C[C@@H](CC(=O)N(C)c1cccnc1)c1ccccc1. The minimum absolute atomic E-state index is 0.101. The molecule has 0 saturated heterocycles. The van der Waals surface area contributed by atoms with Gasteiger partial charge in [0.05, 0.1) is 11.9 Å². The van der Waals surface area contributed by atoms with Gasteiger partial charge in [0.1, 0.15) is 0 Å². The lowest BCUT2D eigenvalue weighted by molar-refractivity contribution is -0.118. The van der Waals surface area contributed by atoms with Crippen molar-refractivity contribution in [1.29, 1.82) is 0 Å². The molecule has 98 valence electrons. The molecular formula is C16H18N2O. The highest BCUT2D eigenvalue weighted by Gasteiger charge is 2.15. The fourth-order valence-electron chi connectivity index (χ4n) is 1.99. The quantitative estimate of drug-likeness (QED) is 0.839. The zero-order valence-electron chi connectivity index (χ0n) is 11.3. The average molecular weight is 254 g/mol. The van der Waals surface area contributed by atoms with Gasteiger partial charge in [0.15, 0.2) is 0 Å². The molecule has 1 aromatic carbocycles. The van der Waals surface area contributed by atoms with Gasteiger partial charge in [-0.25, -0.2) is 0 Å². The Labute approximate surface area is 113 Å². The molecule has 0 aliphatic heterocycles. The third kappa shape index (κ3) is 3.41. The van der Waals surface area contributed by atoms with Gasteiger partial charge in [0.2, 0.25) is 5.91 Å². The summed E-state index contributed by atoms with van der Waals surface area (Å²) in [6, 6.07) is 13.8. The second kappa shape index (κ2) is 6.14. The molecule has 0 saturated carbocycles. The van der Waals surface area contributed by atoms with Gasteiger partial charge in [0.25, 0.3) is 0 Å². The molecule has 3 nitrogen and oxygen atoms in total. The van der Waals surface area contributed by atoms with Crippen LogP contribution in [0.25, 0.3) is 0 Å². The topological polar surface area (TPSA) is 33.2 Å². The summed E-state index contributed by atoms with van der Waals surface area (Å²) in [6.07, 6.45) is 3.90. The first-order chi connectivity index (χ1) is 9.18. The van der Waals surface area contributed by atoms with Gasteiger partial charge in [-0.3, -0.25) is 9.78 Å². The van der Waals surface area contributed by atoms with E-state index in [2.05, 4.69) is 24.0 Å². The Hall–Kier alpha value is -2.16. The smallest absolute Gasteiger partial charge is 0.227 e. The van der Waals surface area contributed by atoms with E-state index in [1.807, 2.05) is 30.3 Å². The summed E-state index contributed by atoms with van der Waals surface area (Å²) in [5.74, 6) is 0.317. The standard InChI is InChI=1S/C16H18N2O/c1-13(14-7-4-3-5-8-14)11-16(19)18(2)15-9-6-10-17-12-15/h3-10,12-13H,11H2,1-2H3/t13-/m0/s1. The van der Waals surface area contributed by atoms with E-state index in [0.717, 1.165) is 5.69 Å². The summed E-state index contributed by atoms with van der Waals surface area (Å²) in [4.78, 5) is 17.9. The van der Waals surface area contributed by atoms with Crippen LogP contribution in [0.3, 0.4) is 0 Å². The van der Waals surface area contributed by atoms with Crippen LogP contribution in [0.4, 0.5) is 5.69 Å². The van der Waals surface area contributed by atoms with E-state index >= 15 is 0 Å². The van der Waals surface area contributed by atoms with Crippen LogP contribution in [0.15, 0.2) is 54.9 Å². The molecule has 2 aromatic rings. The minimum atomic E-state index is 0.101. The highest BCUT2D eigenvalue weighted by atomic mass is 16.2. The second-order valence-electron chi connectivity index (χ2n) is 4.68. The van der Waals surface area contributed by atoms with E-state index in [4.69, 9.17) is 0 Å². The summed E-state index contributed by atoms with van der Waals surface area (Å²) in [5.41, 5.74) is 2.02. The molecule has 19 heavy (non-hydrogen) atoms. The minimum Gasteiger partial charge on any atom is -0.314 e. The van der Waals surface area contributed by atoms with Crippen LogP contribution in [0.2, 0.25) is 0 Å². The van der Waals surface area contributed by atoms with Gasteiger partial charge in [0, 0.05) is 19.7 Å². The molecule has 2 rings (SSSR count). The Morgan fingerprint density at radius 1 is 1.21 bits per heavy atom. The summed E-state index contributed by atoms with van der Waals surface area (Å²) < 4.78 is 0. The van der Waals surface area contributed by atoms with Crippen LogP contribution in [-0.4, -0.2) is 17.9 Å². The number of carbonyl (C=O) groups excluding carboxylic acids is 1. The van der Waals surface area contributed by atoms with Crippen molar-refractivity contribution in [3.05, 3.63) is 60.4 Å². The third-order valence-corrected chi connectivity index (χ3v) is 3.26. The lowest BCUT2D eigenvalue weighted by atomic mass is 9.97. The predicted octanol–water partition coefficient (Wildman–Crippen LogP) is 3.24. The number of amides is 1. The van der Waals surface area contributed by atoms with Crippen LogP contribution in [0.5, 0.6) is 0 Å². The number of hydrogen-bond acceptors (Lipinski definition) is 2. The number of anilines is 1. The van der Waals surface area contributed by atoms with Gasteiger partial charge in [-0.1, -0.05) is 37.3 Å². The maximum absolute atomic E-state index is 12.2. The average Bonchev–Trinajstić information content (AvgIpc) is 2.48. The molecule has 0 radical (unpaired) electrons. The van der Waals surface area contributed by atoms with Gasteiger partial charge in [-0.05, 0) is 23.6 Å². The van der Waals surface area contributed by atoms with Crippen molar-refractivity contribution >= 4 is 11.6 Å². The number of benzene rings is 1. The van der Waals surface area contributed by atoms with Crippen LogP contribution in [-0.2, 0) is 4.79 Å². The highest BCUT2D eigenvalue weighted by molar-refractivity contribution is 5.93. The molecule has 1 amide bonds. The number of pyridine rings is 1. The van der Waals surface area contributed by atoms with Crippen LogP contribution in [0.1, 0.15) is 24.8 Å². The second-order valence-corrected chi connectivity index (χ2v) is 4.68. The van der Waals surface area contributed by atoms with Gasteiger partial charge in [-0.15, -0.1) is 0 Å². The molecule has 0 bridgehead atoms. The molecule has 1 heterocycles. The van der Waals surface area contributed by atoms with Crippen LogP contribution < -0.4 is 4.90 Å². The molecule has 1 aromatic heterocycles. The summed E-state index contributed by atoms with van der Waals surface area (Å²) in [5, 5.41) is 0. The monoisotopic (exact) mass is 254 g/mol. The maximum atomic E-state index is 12.2. The lowest BCUT2D eigenvalue weighted by Crippen LogP contribution is -2.27. The molecule has 0 unspecified atom stereocenters. The van der Waals surface area contributed by atoms with Crippen molar-refractivity contribution < 1.29 is 4.79 Å². The van der Waals surface area contributed by atoms with Gasteiger partial charge < -0.3 is 4.90 Å². The Morgan fingerprint density at radius 3 is 2.58 bits per heavy atom. The summed E-state index contributed by atoms with van der Waals surface area (Å²) in [7, 11) is 1.79. The fourth-order valence-corrected chi connectivity index (χ4v) is 1.99. The number of nitrogens with zero attached hydrogens (tertiary/aromatic N) is 2. The molecule has 0 aliphatic carbocycles. The van der Waals surface area contributed by atoms with E-state index < -0.39 is 0 Å². The van der Waals surface area contributed by atoms with E-state index in [0.29, 0.717) is 6.42 Å². The fraction of sp³-hybridized carbons (Fsp3) is 0.250. The number of hydrogen-bond donors (Lipinski definition) is 0. The van der Waals surface area contributed by atoms with Crippen molar-refractivity contribution in [2.45, 2.75) is 19.3 Å². The molecular weight excluding hydrogens is 236 g/mol. The zero-order chi connectivity index (χ0) is 13.7. The van der Waals surface area contributed by atoms with Gasteiger partial charge >= 0.3 is 0 Å². The van der Waals surface area contributed by atoms with Crippen LogP contribution >= 0.6 is 0 Å². The van der Waals surface area contributed by atoms with Crippen molar-refractivity contribution in [3.63, 3.8) is 0 Å². The van der Waals surface area contributed by atoms with Gasteiger partial charge in [-0.2, -0.15) is 0 Å². The molecule has 0 aliphatic rings. The lowest BCUT2D eigenvalue weighted by Gasteiger charge is -2.19. The number of carbonyl (C=O) groups is 1. The predicted molar refractivity (Wildman–Crippen MR) is 77.1 cm³/mol. The summed E-state index contributed by atoms with van der Waals surface area (Å²) in [6.45, 7) is 2.07. The van der Waals surface area contributed by atoms with Crippen molar-refractivity contribution in [1.82, 2.24) is 4.98 Å². The molecule has 0 fully saturated rings. The van der Waals surface area contributed by atoms with E-state index in [1.165, 1.54) is 5.56 Å². The Balaban J connectivity index is 2.02. The van der Waals surface area contributed by atoms with Crippen LogP contribution in [0, 0.1) is 0 Å². The molecule has 0 spiro atoms. The molecule has 1 atom stereocenters. The molecule has 3 heteroatoms. The van der Waals surface area contributed by atoms with E-state index in [-0.39, 0.29) is 11.8 Å². The van der Waals surface area contributed by atoms with Crippen molar-refractivity contribution in [2.24, 2.45) is 0 Å². The first-order valence-electron chi connectivity index (χ1n) is 6.40. The first-order valence-corrected chi connectivity index (χ1v) is 6.40. The van der Waals surface area contributed by atoms with E-state index in [9.17, 15) is 4.79 Å². The number of rotatable bonds is 4. The number of aromatic nitrogens is 1. The largest absolute Gasteiger partial charge is 0.314 e. The Morgan fingerprint density at radius 2 is 1.95 bits per heavy atom.